The molecular weight excluding hydrogens is 498 g/mol. The Bertz CT molecular complexity index is 1500. The SMILES string of the molecule is O=C(Nc1cccnc1)c1c(N=Cc2cn(CC(=O)N3CCOCC3)c3ccccc23)sc2c1CCCC2. The first-order valence-electron chi connectivity index (χ1n) is 13.0. The monoisotopic (exact) mass is 527 g/mol. The summed E-state index contributed by atoms with van der Waals surface area (Å²) < 4.78 is 7.38. The Morgan fingerprint density at radius 2 is 1.95 bits per heavy atom. The third-order valence-electron chi connectivity index (χ3n) is 7.11. The normalized spacial score (nSPS) is 15.6. The highest BCUT2D eigenvalue weighted by molar-refractivity contribution is 7.16. The first-order valence-corrected chi connectivity index (χ1v) is 13.8. The lowest BCUT2D eigenvalue weighted by Gasteiger charge is -2.27. The number of hydrogen-bond acceptors (Lipinski definition) is 6. The van der Waals surface area contributed by atoms with Gasteiger partial charge in [0.2, 0.25) is 5.91 Å². The predicted molar refractivity (Wildman–Crippen MR) is 150 cm³/mol. The lowest BCUT2D eigenvalue weighted by Crippen LogP contribution is -2.42. The Kier molecular flexibility index (Phi) is 7.02. The van der Waals surface area contributed by atoms with Crippen molar-refractivity contribution in [3.63, 3.8) is 0 Å². The van der Waals surface area contributed by atoms with Crippen LogP contribution in [-0.2, 0) is 28.9 Å². The summed E-state index contributed by atoms with van der Waals surface area (Å²) in [6.45, 7) is 2.67. The fraction of sp³-hybridized carbons (Fsp3) is 0.310. The lowest BCUT2D eigenvalue weighted by atomic mass is 9.95. The van der Waals surface area contributed by atoms with Crippen molar-refractivity contribution in [2.75, 3.05) is 31.6 Å². The molecule has 0 atom stereocenters. The largest absolute Gasteiger partial charge is 0.378 e. The minimum atomic E-state index is -0.150. The molecule has 2 amide bonds. The highest BCUT2D eigenvalue weighted by atomic mass is 32.1. The van der Waals surface area contributed by atoms with Crippen LogP contribution in [-0.4, -0.2) is 58.8 Å². The van der Waals surface area contributed by atoms with Crippen LogP contribution in [0.15, 0.2) is 60.0 Å². The summed E-state index contributed by atoms with van der Waals surface area (Å²) in [6, 6.07) is 11.7. The number of ether oxygens (including phenoxy) is 1. The molecule has 194 valence electrons. The van der Waals surface area contributed by atoms with E-state index in [4.69, 9.17) is 9.73 Å². The van der Waals surface area contributed by atoms with Crippen molar-refractivity contribution in [1.82, 2.24) is 14.5 Å². The minimum Gasteiger partial charge on any atom is -0.378 e. The summed E-state index contributed by atoms with van der Waals surface area (Å²) in [5.41, 5.74) is 4.34. The molecule has 0 radical (unpaired) electrons. The molecule has 38 heavy (non-hydrogen) atoms. The van der Waals surface area contributed by atoms with Crippen molar-refractivity contribution in [2.45, 2.75) is 32.2 Å². The summed E-state index contributed by atoms with van der Waals surface area (Å²) in [6.07, 6.45) is 11.2. The average Bonchev–Trinajstić information content (AvgIpc) is 3.51. The van der Waals surface area contributed by atoms with Gasteiger partial charge in [-0.25, -0.2) is 4.99 Å². The smallest absolute Gasteiger partial charge is 0.259 e. The Morgan fingerprint density at radius 1 is 1.11 bits per heavy atom. The van der Waals surface area contributed by atoms with E-state index in [1.165, 1.54) is 4.88 Å². The molecule has 2 aliphatic rings. The maximum atomic E-state index is 13.4. The number of nitrogens with one attached hydrogen (secondary N) is 1. The highest BCUT2D eigenvalue weighted by Gasteiger charge is 2.25. The van der Waals surface area contributed by atoms with Crippen LogP contribution >= 0.6 is 11.3 Å². The third kappa shape index (κ3) is 4.99. The number of nitrogens with zero attached hydrogens (tertiary/aromatic N) is 4. The zero-order chi connectivity index (χ0) is 25.9. The third-order valence-corrected chi connectivity index (χ3v) is 8.31. The predicted octanol–water partition coefficient (Wildman–Crippen LogP) is 4.84. The molecule has 0 bridgehead atoms. The van der Waals surface area contributed by atoms with Gasteiger partial charge in [0.05, 0.1) is 30.7 Å². The van der Waals surface area contributed by atoms with Crippen molar-refractivity contribution in [3.05, 3.63) is 76.6 Å². The molecule has 0 unspecified atom stereocenters. The number of hydrogen-bond donors (Lipinski definition) is 1. The Labute approximate surface area is 225 Å². The van der Waals surface area contributed by atoms with Gasteiger partial charge in [0.15, 0.2) is 0 Å². The second kappa shape index (κ2) is 10.9. The van der Waals surface area contributed by atoms with Crippen LogP contribution in [0, 0.1) is 0 Å². The van der Waals surface area contributed by atoms with Gasteiger partial charge in [-0.05, 0) is 49.4 Å². The molecule has 4 aromatic rings. The number of aryl methyl sites for hydroxylation is 1. The summed E-state index contributed by atoms with van der Waals surface area (Å²) in [5.74, 6) is -0.0686. The number of pyridine rings is 1. The van der Waals surface area contributed by atoms with E-state index in [1.807, 2.05) is 52.2 Å². The van der Waals surface area contributed by atoms with E-state index in [1.54, 1.807) is 29.8 Å². The molecule has 1 N–H and O–H groups in total. The zero-order valence-electron chi connectivity index (χ0n) is 21.1. The fourth-order valence-corrected chi connectivity index (χ4v) is 6.43. The summed E-state index contributed by atoms with van der Waals surface area (Å²) in [4.78, 5) is 38.4. The van der Waals surface area contributed by atoms with Crippen LogP contribution in [0.2, 0.25) is 0 Å². The number of rotatable bonds is 6. The van der Waals surface area contributed by atoms with Crippen molar-refractivity contribution in [1.29, 1.82) is 0 Å². The Balaban J connectivity index is 1.31. The van der Waals surface area contributed by atoms with Crippen molar-refractivity contribution < 1.29 is 14.3 Å². The number of thiophene rings is 1. The molecule has 0 spiro atoms. The maximum absolute atomic E-state index is 13.4. The highest BCUT2D eigenvalue weighted by Crippen LogP contribution is 2.40. The van der Waals surface area contributed by atoms with E-state index in [-0.39, 0.29) is 18.4 Å². The fourth-order valence-electron chi connectivity index (χ4n) is 5.20. The van der Waals surface area contributed by atoms with Crippen LogP contribution in [0.3, 0.4) is 0 Å². The quantitative estimate of drug-likeness (QED) is 0.364. The van der Waals surface area contributed by atoms with Crippen LogP contribution in [0.5, 0.6) is 0 Å². The van der Waals surface area contributed by atoms with E-state index in [2.05, 4.69) is 10.3 Å². The Hall–Kier alpha value is -3.82. The molecule has 3 aromatic heterocycles. The van der Waals surface area contributed by atoms with E-state index >= 15 is 0 Å². The standard InChI is InChI=1S/C29H29N5O3S/c35-26(33-12-14-37-15-13-33)19-34-18-20(22-7-1-3-9-24(22)34)16-31-29-27(23-8-2-4-10-25(23)38-29)28(36)32-21-6-5-11-30-17-21/h1,3,5-7,9,11,16-18H,2,4,8,10,12-15,19H2,(H,32,36). The number of aromatic nitrogens is 2. The molecule has 1 aromatic carbocycles. The van der Waals surface area contributed by atoms with E-state index in [9.17, 15) is 9.59 Å². The van der Waals surface area contributed by atoms with Gasteiger partial charge in [-0.15, -0.1) is 11.3 Å². The van der Waals surface area contributed by atoms with Crippen molar-refractivity contribution in [2.24, 2.45) is 4.99 Å². The van der Waals surface area contributed by atoms with Crippen LogP contribution in [0.1, 0.15) is 39.2 Å². The number of anilines is 1. The number of aliphatic imine (C=N–C) groups is 1. The maximum Gasteiger partial charge on any atom is 0.259 e. The van der Waals surface area contributed by atoms with Crippen LogP contribution < -0.4 is 5.32 Å². The lowest BCUT2D eigenvalue weighted by molar-refractivity contribution is -0.135. The second-order valence-electron chi connectivity index (χ2n) is 9.57. The van der Waals surface area contributed by atoms with Crippen LogP contribution in [0.4, 0.5) is 10.7 Å². The summed E-state index contributed by atoms with van der Waals surface area (Å²) in [7, 11) is 0. The molecule has 0 saturated carbocycles. The second-order valence-corrected chi connectivity index (χ2v) is 10.7. The van der Waals surface area contributed by atoms with Gasteiger partial charge in [0.1, 0.15) is 11.5 Å². The molecular formula is C29H29N5O3S. The van der Waals surface area contributed by atoms with Gasteiger partial charge in [-0.3, -0.25) is 14.6 Å². The van der Waals surface area contributed by atoms with Gasteiger partial charge < -0.3 is 19.5 Å². The van der Waals surface area contributed by atoms with Gasteiger partial charge in [-0.2, -0.15) is 0 Å². The minimum absolute atomic E-state index is 0.0813. The first kappa shape index (κ1) is 24.5. The molecule has 1 aliphatic carbocycles. The topological polar surface area (TPSA) is 88.8 Å². The molecule has 4 heterocycles. The molecule has 8 nitrogen and oxygen atoms in total. The summed E-state index contributed by atoms with van der Waals surface area (Å²) in [5, 5.41) is 4.74. The Morgan fingerprint density at radius 3 is 2.79 bits per heavy atom. The molecule has 1 fully saturated rings. The molecule has 1 aliphatic heterocycles. The number of morpholine rings is 1. The molecule has 6 rings (SSSR count). The molecule has 9 heteroatoms. The van der Waals surface area contributed by atoms with Gasteiger partial charge in [0.25, 0.3) is 5.91 Å². The van der Waals surface area contributed by atoms with Gasteiger partial charge in [0, 0.05) is 53.0 Å². The number of amides is 2. The number of benzene rings is 1. The van der Waals surface area contributed by atoms with Crippen LogP contribution in [0.25, 0.3) is 10.9 Å². The van der Waals surface area contributed by atoms with E-state index < -0.39 is 0 Å². The number of fused-ring (bicyclic) bond motifs is 2. The number of carbonyl (C=O) groups is 2. The number of carbonyl (C=O) groups excluding carboxylic acids is 2. The van der Waals surface area contributed by atoms with E-state index in [0.717, 1.165) is 52.7 Å². The van der Waals surface area contributed by atoms with Gasteiger partial charge >= 0.3 is 0 Å². The average molecular weight is 528 g/mol. The van der Waals surface area contributed by atoms with Gasteiger partial charge in [-0.1, -0.05) is 18.2 Å². The summed E-state index contributed by atoms with van der Waals surface area (Å²) >= 11 is 1.61. The van der Waals surface area contributed by atoms with Crippen molar-refractivity contribution in [3.8, 4) is 0 Å². The number of para-hydroxylation sites is 1. The first-order chi connectivity index (χ1) is 18.7. The van der Waals surface area contributed by atoms with E-state index in [0.29, 0.717) is 37.6 Å². The molecule has 1 saturated heterocycles. The van der Waals surface area contributed by atoms with Crippen molar-refractivity contribution >= 4 is 51.0 Å². The zero-order valence-corrected chi connectivity index (χ0v) is 21.9.